The van der Waals surface area contributed by atoms with E-state index in [1.54, 1.807) is 17.0 Å². The molecule has 0 saturated heterocycles. The van der Waals surface area contributed by atoms with E-state index < -0.39 is 10.3 Å². The molecule has 2 amide bonds. The Bertz CT molecular complexity index is 869. The van der Waals surface area contributed by atoms with Gasteiger partial charge in [0.05, 0.1) is 5.69 Å². The number of hydrogen-bond acceptors (Lipinski definition) is 3. The monoisotopic (exact) mass is 361 g/mol. The molecule has 0 saturated carbocycles. The highest BCUT2D eigenvalue weighted by Crippen LogP contribution is 2.23. The van der Waals surface area contributed by atoms with Crippen LogP contribution in [0.1, 0.15) is 16.7 Å². The number of nitrogens with one attached hydrogen (secondary N) is 2. The van der Waals surface area contributed by atoms with E-state index in [-0.39, 0.29) is 11.7 Å². The lowest BCUT2D eigenvalue weighted by Gasteiger charge is -2.29. The van der Waals surface area contributed by atoms with Crippen molar-refractivity contribution in [2.75, 3.05) is 11.3 Å². The van der Waals surface area contributed by atoms with Gasteiger partial charge in [0, 0.05) is 19.6 Å². The van der Waals surface area contributed by atoms with E-state index in [9.17, 15) is 13.2 Å². The molecule has 0 atom stereocenters. The molecule has 1 aliphatic rings. The third-order valence-corrected chi connectivity index (χ3v) is 4.53. The average molecular weight is 361 g/mol. The van der Waals surface area contributed by atoms with Crippen LogP contribution in [0, 0.1) is 0 Å². The molecule has 1 aliphatic heterocycles. The fraction of sp³-hybridized carbons (Fsp3) is 0.235. The number of amides is 2. The van der Waals surface area contributed by atoms with E-state index in [2.05, 4.69) is 5.32 Å². The fourth-order valence-corrected chi connectivity index (χ4v) is 3.25. The summed E-state index contributed by atoms with van der Waals surface area (Å²) in [6.07, 6.45) is 0.695. The van der Waals surface area contributed by atoms with Crippen LogP contribution in [0.4, 0.5) is 10.5 Å². The van der Waals surface area contributed by atoms with E-state index in [1.807, 2.05) is 41.1 Å². The van der Waals surface area contributed by atoms with Crippen LogP contribution in [-0.2, 0) is 29.8 Å². The van der Waals surface area contributed by atoms with Crippen molar-refractivity contribution < 1.29 is 17.8 Å². The first kappa shape index (κ1) is 17.2. The molecule has 1 heterocycles. The van der Waals surface area contributed by atoms with Crippen LogP contribution in [0.25, 0.3) is 0 Å². The van der Waals surface area contributed by atoms with Gasteiger partial charge in [-0.05, 0) is 35.2 Å². The van der Waals surface area contributed by atoms with Crippen molar-refractivity contribution in [2.24, 2.45) is 0 Å². The maximum Gasteiger partial charge on any atom is 0.357 e. The van der Waals surface area contributed by atoms with Gasteiger partial charge in [-0.2, -0.15) is 8.42 Å². The Morgan fingerprint density at radius 2 is 1.88 bits per heavy atom. The van der Waals surface area contributed by atoms with Gasteiger partial charge in [0.15, 0.2) is 0 Å². The lowest BCUT2D eigenvalue weighted by atomic mass is 9.99. The minimum Gasteiger partial charge on any atom is -0.334 e. The lowest BCUT2D eigenvalue weighted by Crippen LogP contribution is -2.42. The second kappa shape index (κ2) is 7.12. The second-order valence-electron chi connectivity index (χ2n) is 5.88. The second-order valence-corrected chi connectivity index (χ2v) is 7.03. The molecule has 0 fully saturated rings. The average Bonchev–Trinajstić information content (AvgIpc) is 2.58. The van der Waals surface area contributed by atoms with E-state index in [1.165, 1.54) is 0 Å². The minimum atomic E-state index is -4.32. The van der Waals surface area contributed by atoms with Gasteiger partial charge in [0.25, 0.3) is 0 Å². The zero-order valence-corrected chi connectivity index (χ0v) is 14.3. The van der Waals surface area contributed by atoms with Crippen LogP contribution in [0.15, 0.2) is 48.5 Å². The first-order valence-corrected chi connectivity index (χ1v) is 9.28. The van der Waals surface area contributed by atoms with Crippen LogP contribution < -0.4 is 10.0 Å². The lowest BCUT2D eigenvalue weighted by molar-refractivity contribution is 0.192. The van der Waals surface area contributed by atoms with E-state index >= 15 is 0 Å². The third kappa shape index (κ3) is 4.71. The Hall–Kier alpha value is -2.58. The predicted octanol–water partition coefficient (Wildman–Crippen LogP) is 2.17. The van der Waals surface area contributed by atoms with Gasteiger partial charge in [-0.15, -0.1) is 0 Å². The number of hydrogen-bond donors (Lipinski definition) is 3. The highest BCUT2D eigenvalue weighted by atomic mass is 32.2. The van der Waals surface area contributed by atoms with E-state index in [0.717, 1.165) is 16.7 Å². The molecule has 25 heavy (non-hydrogen) atoms. The van der Waals surface area contributed by atoms with Gasteiger partial charge < -0.3 is 10.2 Å². The summed E-state index contributed by atoms with van der Waals surface area (Å²) in [5.74, 6) is 0. The normalized spacial score (nSPS) is 13.9. The number of carbonyl (C=O) groups is 1. The number of anilines is 1. The van der Waals surface area contributed by atoms with Crippen molar-refractivity contribution in [1.82, 2.24) is 10.2 Å². The number of urea groups is 1. The highest BCUT2D eigenvalue weighted by Gasteiger charge is 2.21. The predicted molar refractivity (Wildman–Crippen MR) is 94.4 cm³/mol. The summed E-state index contributed by atoms with van der Waals surface area (Å²) in [4.78, 5) is 14.0. The number of nitrogens with zero attached hydrogens (tertiary/aromatic N) is 1. The summed E-state index contributed by atoms with van der Waals surface area (Å²) in [6, 6.07) is 14.5. The van der Waals surface area contributed by atoms with E-state index in [0.29, 0.717) is 26.1 Å². The van der Waals surface area contributed by atoms with Crippen molar-refractivity contribution in [1.29, 1.82) is 0 Å². The van der Waals surface area contributed by atoms with E-state index in [4.69, 9.17) is 4.55 Å². The van der Waals surface area contributed by atoms with Crippen molar-refractivity contribution in [2.45, 2.75) is 19.5 Å². The fourth-order valence-electron chi connectivity index (χ4n) is 2.83. The topological polar surface area (TPSA) is 98.7 Å². The SMILES string of the molecule is O=C(NCc1ccccc1)N1CCc2ccc(NS(=O)(=O)O)cc2C1. The molecule has 0 radical (unpaired) electrons. The molecule has 0 aliphatic carbocycles. The van der Waals surface area contributed by atoms with Crippen molar-refractivity contribution in [3.05, 3.63) is 65.2 Å². The summed E-state index contributed by atoms with van der Waals surface area (Å²) in [6.45, 7) is 1.43. The molecule has 0 unspecified atom stereocenters. The quantitative estimate of drug-likeness (QED) is 0.727. The Morgan fingerprint density at radius 1 is 1.12 bits per heavy atom. The van der Waals surface area contributed by atoms with Crippen LogP contribution in [0.3, 0.4) is 0 Å². The molecule has 0 bridgehead atoms. The zero-order valence-electron chi connectivity index (χ0n) is 13.5. The Morgan fingerprint density at radius 3 is 2.60 bits per heavy atom. The summed E-state index contributed by atoms with van der Waals surface area (Å²) < 4.78 is 32.8. The summed E-state index contributed by atoms with van der Waals surface area (Å²) >= 11 is 0. The molecule has 3 rings (SSSR count). The summed E-state index contributed by atoms with van der Waals surface area (Å²) in [7, 11) is -4.32. The first-order chi connectivity index (χ1) is 11.9. The molecule has 0 spiro atoms. The molecule has 132 valence electrons. The van der Waals surface area contributed by atoms with Gasteiger partial charge in [0.1, 0.15) is 0 Å². The number of carbonyl (C=O) groups excluding carboxylic acids is 1. The van der Waals surface area contributed by atoms with Crippen molar-refractivity contribution >= 4 is 22.0 Å². The van der Waals surface area contributed by atoms with Gasteiger partial charge >= 0.3 is 16.3 Å². The Balaban J connectivity index is 1.65. The number of benzene rings is 2. The molecule has 0 aromatic heterocycles. The standard InChI is InChI=1S/C17H19N3O4S/c21-17(18-11-13-4-2-1-3-5-13)20-9-8-14-6-7-16(10-15(14)12-20)19-25(22,23)24/h1-7,10,19H,8-9,11-12H2,(H,18,21)(H,22,23,24). The summed E-state index contributed by atoms with van der Waals surface area (Å²) in [5.41, 5.74) is 3.21. The van der Waals surface area contributed by atoms with Crippen LogP contribution in [-0.4, -0.2) is 30.4 Å². The maximum atomic E-state index is 12.4. The van der Waals surface area contributed by atoms with Crippen molar-refractivity contribution in [3.63, 3.8) is 0 Å². The molecule has 3 N–H and O–H groups in total. The zero-order chi connectivity index (χ0) is 17.9. The Labute approximate surface area is 146 Å². The molecule has 2 aromatic carbocycles. The largest absolute Gasteiger partial charge is 0.357 e. The minimum absolute atomic E-state index is 0.164. The summed E-state index contributed by atoms with van der Waals surface area (Å²) in [5, 5.41) is 2.89. The van der Waals surface area contributed by atoms with Crippen LogP contribution in [0.5, 0.6) is 0 Å². The molecular formula is C17H19N3O4S. The Kier molecular flexibility index (Phi) is 4.91. The smallest absolute Gasteiger partial charge is 0.334 e. The molecule has 7 nitrogen and oxygen atoms in total. The maximum absolute atomic E-state index is 12.4. The molecule has 2 aromatic rings. The third-order valence-electron chi connectivity index (χ3n) is 4.04. The van der Waals surface area contributed by atoms with Gasteiger partial charge in [-0.25, -0.2) is 4.79 Å². The van der Waals surface area contributed by atoms with Gasteiger partial charge in [-0.1, -0.05) is 36.4 Å². The number of rotatable bonds is 4. The van der Waals surface area contributed by atoms with Crippen molar-refractivity contribution in [3.8, 4) is 0 Å². The molecular weight excluding hydrogens is 342 g/mol. The van der Waals surface area contributed by atoms with Gasteiger partial charge in [-0.3, -0.25) is 9.27 Å². The molecule has 8 heteroatoms. The van der Waals surface area contributed by atoms with Crippen LogP contribution in [0.2, 0.25) is 0 Å². The first-order valence-electron chi connectivity index (χ1n) is 7.84. The number of fused-ring (bicyclic) bond motifs is 1. The van der Waals surface area contributed by atoms with Crippen LogP contribution >= 0.6 is 0 Å². The van der Waals surface area contributed by atoms with Gasteiger partial charge in [0.2, 0.25) is 0 Å². The highest BCUT2D eigenvalue weighted by molar-refractivity contribution is 7.87.